The highest BCUT2D eigenvalue weighted by atomic mass is 35.5. The Morgan fingerprint density at radius 1 is 1.30 bits per heavy atom. The Morgan fingerprint density at radius 2 is 1.95 bits per heavy atom. The van der Waals surface area contributed by atoms with E-state index in [0.29, 0.717) is 10.8 Å². The Morgan fingerprint density at radius 3 is 2.55 bits per heavy atom. The van der Waals surface area contributed by atoms with Gasteiger partial charge in [0.25, 0.3) is 0 Å². The minimum absolute atomic E-state index is 0.0239. The summed E-state index contributed by atoms with van der Waals surface area (Å²) in [6.07, 6.45) is 0. The first-order chi connectivity index (χ1) is 9.40. The summed E-state index contributed by atoms with van der Waals surface area (Å²) in [4.78, 5) is 0.144. The van der Waals surface area contributed by atoms with Gasteiger partial charge in [-0.15, -0.1) is 5.10 Å². The number of nitrogens with zero attached hydrogens (tertiary/aromatic N) is 4. The molecule has 1 aromatic heterocycles. The van der Waals surface area contributed by atoms with Gasteiger partial charge in [-0.05, 0) is 48.5 Å². The van der Waals surface area contributed by atoms with Crippen LogP contribution in [0.1, 0.15) is 25.7 Å². The van der Waals surface area contributed by atoms with Crippen molar-refractivity contribution in [2.45, 2.75) is 31.3 Å². The SMILES string of the molecule is CC(C)n1nnnc1CNS(=O)(=O)c1ccc(Cl)cc1. The van der Waals surface area contributed by atoms with Crippen molar-refractivity contribution >= 4 is 21.6 Å². The van der Waals surface area contributed by atoms with Crippen molar-refractivity contribution < 1.29 is 8.42 Å². The quantitative estimate of drug-likeness (QED) is 0.900. The second-order valence-electron chi connectivity index (χ2n) is 4.41. The van der Waals surface area contributed by atoms with Gasteiger partial charge >= 0.3 is 0 Å². The summed E-state index contributed by atoms with van der Waals surface area (Å²) < 4.78 is 28.2. The topological polar surface area (TPSA) is 89.8 Å². The molecule has 0 saturated heterocycles. The predicted octanol–water partition coefficient (Wildman–Crippen LogP) is 1.39. The van der Waals surface area contributed by atoms with E-state index >= 15 is 0 Å². The summed E-state index contributed by atoms with van der Waals surface area (Å²) >= 11 is 5.73. The Balaban J connectivity index is 2.13. The molecule has 1 N–H and O–H groups in total. The Kier molecular flexibility index (Phi) is 4.36. The van der Waals surface area contributed by atoms with Gasteiger partial charge in [-0.1, -0.05) is 11.6 Å². The lowest BCUT2D eigenvalue weighted by Gasteiger charge is -2.09. The molecule has 0 aliphatic rings. The zero-order valence-corrected chi connectivity index (χ0v) is 12.6. The average Bonchev–Trinajstić information content (AvgIpc) is 2.85. The van der Waals surface area contributed by atoms with Gasteiger partial charge in [0.2, 0.25) is 10.0 Å². The first kappa shape index (κ1) is 14.9. The van der Waals surface area contributed by atoms with E-state index in [9.17, 15) is 8.42 Å². The van der Waals surface area contributed by atoms with Crippen LogP contribution in [-0.4, -0.2) is 28.6 Å². The molecule has 7 nitrogen and oxygen atoms in total. The van der Waals surface area contributed by atoms with E-state index in [2.05, 4.69) is 20.2 Å². The van der Waals surface area contributed by atoms with Crippen LogP contribution in [0.3, 0.4) is 0 Å². The molecule has 20 heavy (non-hydrogen) atoms. The minimum atomic E-state index is -3.61. The number of nitrogens with one attached hydrogen (secondary N) is 1. The molecule has 0 atom stereocenters. The summed E-state index contributed by atoms with van der Waals surface area (Å²) in [5, 5.41) is 11.6. The lowest BCUT2D eigenvalue weighted by Crippen LogP contribution is -2.25. The predicted molar refractivity (Wildman–Crippen MR) is 73.7 cm³/mol. The zero-order chi connectivity index (χ0) is 14.8. The largest absolute Gasteiger partial charge is 0.240 e. The molecule has 0 aliphatic heterocycles. The fourth-order valence-corrected chi connectivity index (χ4v) is 2.69. The normalized spacial score (nSPS) is 12.0. The van der Waals surface area contributed by atoms with Gasteiger partial charge in [0, 0.05) is 5.02 Å². The van der Waals surface area contributed by atoms with Crippen LogP contribution in [0.25, 0.3) is 0 Å². The summed E-state index contributed by atoms with van der Waals surface area (Å²) in [6.45, 7) is 3.84. The molecule has 0 saturated carbocycles. The number of benzene rings is 1. The fourth-order valence-electron chi connectivity index (χ4n) is 1.59. The smallest absolute Gasteiger partial charge is 0.226 e. The third-order valence-electron chi connectivity index (χ3n) is 2.59. The second-order valence-corrected chi connectivity index (χ2v) is 6.62. The molecule has 108 valence electrons. The van der Waals surface area contributed by atoms with Crippen LogP contribution in [0.15, 0.2) is 29.2 Å². The highest BCUT2D eigenvalue weighted by Gasteiger charge is 2.16. The van der Waals surface area contributed by atoms with E-state index < -0.39 is 10.0 Å². The Labute approximate surface area is 122 Å². The van der Waals surface area contributed by atoms with Crippen molar-refractivity contribution in [3.05, 3.63) is 35.1 Å². The first-order valence-electron chi connectivity index (χ1n) is 5.92. The van der Waals surface area contributed by atoms with Crippen LogP contribution in [0.2, 0.25) is 5.02 Å². The van der Waals surface area contributed by atoms with E-state index in [1.54, 1.807) is 4.68 Å². The van der Waals surface area contributed by atoms with E-state index in [0.717, 1.165) is 0 Å². The van der Waals surface area contributed by atoms with Gasteiger partial charge in [-0.25, -0.2) is 17.8 Å². The summed E-state index contributed by atoms with van der Waals surface area (Å²) in [7, 11) is -3.61. The minimum Gasteiger partial charge on any atom is -0.226 e. The highest BCUT2D eigenvalue weighted by Crippen LogP contribution is 2.14. The first-order valence-corrected chi connectivity index (χ1v) is 7.78. The molecule has 0 radical (unpaired) electrons. The third kappa shape index (κ3) is 3.33. The number of hydrogen-bond acceptors (Lipinski definition) is 5. The standard InChI is InChI=1S/C11H14ClN5O2S/c1-8(2)17-11(14-15-16-17)7-13-20(18,19)10-5-3-9(12)4-6-10/h3-6,8,13H,7H2,1-2H3. The lowest BCUT2D eigenvalue weighted by molar-refractivity contribution is 0.489. The van der Waals surface area contributed by atoms with Crippen LogP contribution in [0.5, 0.6) is 0 Å². The third-order valence-corrected chi connectivity index (χ3v) is 4.26. The molecular formula is C11H14ClN5O2S. The fraction of sp³-hybridized carbons (Fsp3) is 0.364. The molecular weight excluding hydrogens is 302 g/mol. The number of halogens is 1. The maximum absolute atomic E-state index is 12.1. The molecule has 0 aliphatic carbocycles. The van der Waals surface area contributed by atoms with Crippen LogP contribution in [0, 0.1) is 0 Å². The molecule has 0 fully saturated rings. The van der Waals surface area contributed by atoms with E-state index in [-0.39, 0.29) is 17.5 Å². The van der Waals surface area contributed by atoms with E-state index in [4.69, 9.17) is 11.6 Å². The number of sulfonamides is 1. The highest BCUT2D eigenvalue weighted by molar-refractivity contribution is 7.89. The number of aromatic nitrogens is 4. The molecule has 2 rings (SSSR count). The molecule has 2 aromatic rings. The van der Waals surface area contributed by atoms with Crippen LogP contribution >= 0.6 is 11.6 Å². The van der Waals surface area contributed by atoms with Gasteiger partial charge in [-0.2, -0.15) is 0 Å². The van der Waals surface area contributed by atoms with Crippen molar-refractivity contribution in [1.82, 2.24) is 24.9 Å². The van der Waals surface area contributed by atoms with Crippen molar-refractivity contribution in [2.24, 2.45) is 0 Å². The summed E-state index contributed by atoms with van der Waals surface area (Å²) in [5.74, 6) is 0.456. The van der Waals surface area contributed by atoms with Crippen LogP contribution in [0.4, 0.5) is 0 Å². The maximum atomic E-state index is 12.1. The van der Waals surface area contributed by atoms with Gasteiger partial charge in [0.1, 0.15) is 0 Å². The Hall–Kier alpha value is -1.51. The van der Waals surface area contributed by atoms with Crippen molar-refractivity contribution in [1.29, 1.82) is 0 Å². The van der Waals surface area contributed by atoms with Crippen LogP contribution < -0.4 is 4.72 Å². The lowest BCUT2D eigenvalue weighted by atomic mass is 10.4. The zero-order valence-electron chi connectivity index (χ0n) is 11.0. The van der Waals surface area contributed by atoms with Crippen molar-refractivity contribution in [3.8, 4) is 0 Å². The maximum Gasteiger partial charge on any atom is 0.240 e. The molecule has 1 aromatic carbocycles. The van der Waals surface area contributed by atoms with Crippen molar-refractivity contribution in [2.75, 3.05) is 0 Å². The molecule has 0 spiro atoms. The van der Waals surface area contributed by atoms with Gasteiger partial charge < -0.3 is 0 Å². The average molecular weight is 316 g/mol. The second kappa shape index (κ2) is 5.86. The molecule has 9 heteroatoms. The molecule has 0 unspecified atom stereocenters. The number of hydrogen-bond donors (Lipinski definition) is 1. The van der Waals surface area contributed by atoms with Gasteiger partial charge in [-0.3, -0.25) is 0 Å². The van der Waals surface area contributed by atoms with Gasteiger partial charge in [0.15, 0.2) is 5.82 Å². The summed E-state index contributed by atoms with van der Waals surface area (Å²) in [5.41, 5.74) is 0. The Bertz CT molecular complexity index is 681. The van der Waals surface area contributed by atoms with Crippen LogP contribution in [-0.2, 0) is 16.6 Å². The number of rotatable bonds is 5. The van der Waals surface area contributed by atoms with Crippen molar-refractivity contribution in [3.63, 3.8) is 0 Å². The molecule has 1 heterocycles. The van der Waals surface area contributed by atoms with E-state index in [1.165, 1.54) is 24.3 Å². The molecule has 0 bridgehead atoms. The number of tetrazole rings is 1. The van der Waals surface area contributed by atoms with Gasteiger partial charge in [0.05, 0.1) is 17.5 Å². The summed E-state index contributed by atoms with van der Waals surface area (Å²) in [6, 6.07) is 5.98. The monoisotopic (exact) mass is 315 g/mol. The van der Waals surface area contributed by atoms with E-state index in [1.807, 2.05) is 13.8 Å². The molecule has 0 amide bonds.